The van der Waals surface area contributed by atoms with Gasteiger partial charge in [0.1, 0.15) is 0 Å². The second-order valence-electron chi connectivity index (χ2n) is 5.45. The molecular formula is C13H18F3N3O. The quantitative estimate of drug-likeness (QED) is 0.908. The van der Waals surface area contributed by atoms with Crippen LogP contribution in [-0.4, -0.2) is 29.3 Å². The van der Waals surface area contributed by atoms with Crippen LogP contribution in [0.5, 0.6) is 0 Å². The summed E-state index contributed by atoms with van der Waals surface area (Å²) in [6.45, 7) is 1.13. The molecule has 1 fully saturated rings. The van der Waals surface area contributed by atoms with Crippen molar-refractivity contribution in [1.82, 2.24) is 14.9 Å². The van der Waals surface area contributed by atoms with Gasteiger partial charge >= 0.3 is 6.18 Å². The zero-order chi connectivity index (χ0) is 14.3. The number of fused-ring (bicyclic) bond motifs is 1. The molecule has 3 rings (SSSR count). The van der Waals surface area contributed by atoms with Crippen molar-refractivity contribution >= 4 is 0 Å². The van der Waals surface area contributed by atoms with Gasteiger partial charge in [0.25, 0.3) is 0 Å². The highest BCUT2D eigenvalue weighted by molar-refractivity contribution is 5.23. The third-order valence-electron chi connectivity index (χ3n) is 4.23. The molecule has 4 nitrogen and oxygen atoms in total. The summed E-state index contributed by atoms with van der Waals surface area (Å²) < 4.78 is 46.4. The number of rotatable bonds is 2. The summed E-state index contributed by atoms with van der Waals surface area (Å²) in [6, 6.07) is -0.147. The van der Waals surface area contributed by atoms with Crippen molar-refractivity contribution in [3.05, 3.63) is 17.2 Å². The van der Waals surface area contributed by atoms with E-state index in [0.29, 0.717) is 31.6 Å². The maximum atomic E-state index is 13.2. The van der Waals surface area contributed by atoms with E-state index in [-0.39, 0.29) is 12.1 Å². The molecule has 0 bridgehead atoms. The SMILES string of the molecule is COC1CCC(n2c(C(F)(F)F)nc3c2CCNC3)C1. The van der Waals surface area contributed by atoms with Crippen molar-refractivity contribution in [3.8, 4) is 0 Å². The van der Waals surface area contributed by atoms with Crippen LogP contribution < -0.4 is 5.32 Å². The number of ether oxygens (including phenoxy) is 1. The van der Waals surface area contributed by atoms with Crippen LogP contribution in [0.25, 0.3) is 0 Å². The molecule has 1 N–H and O–H groups in total. The Hall–Kier alpha value is -1.08. The Morgan fingerprint density at radius 3 is 2.80 bits per heavy atom. The van der Waals surface area contributed by atoms with Gasteiger partial charge in [0, 0.05) is 38.4 Å². The lowest BCUT2D eigenvalue weighted by molar-refractivity contribution is -0.148. The van der Waals surface area contributed by atoms with Gasteiger partial charge in [-0.15, -0.1) is 0 Å². The highest BCUT2D eigenvalue weighted by atomic mass is 19.4. The number of hydrogen-bond donors (Lipinski definition) is 1. The van der Waals surface area contributed by atoms with Crippen LogP contribution in [0.1, 0.15) is 42.5 Å². The number of nitrogens with zero attached hydrogens (tertiary/aromatic N) is 2. The molecule has 1 aliphatic heterocycles. The van der Waals surface area contributed by atoms with Crippen LogP contribution in [0.2, 0.25) is 0 Å². The average molecular weight is 289 g/mol. The van der Waals surface area contributed by atoms with Gasteiger partial charge in [-0.25, -0.2) is 4.98 Å². The van der Waals surface area contributed by atoms with Crippen LogP contribution in [0, 0.1) is 0 Å². The largest absolute Gasteiger partial charge is 0.449 e. The Morgan fingerprint density at radius 1 is 1.35 bits per heavy atom. The van der Waals surface area contributed by atoms with Gasteiger partial charge in [-0.3, -0.25) is 0 Å². The van der Waals surface area contributed by atoms with Crippen LogP contribution in [0.3, 0.4) is 0 Å². The number of aromatic nitrogens is 2. The van der Waals surface area contributed by atoms with E-state index < -0.39 is 12.0 Å². The fourth-order valence-electron chi connectivity index (χ4n) is 3.29. The zero-order valence-electron chi connectivity index (χ0n) is 11.3. The van der Waals surface area contributed by atoms with E-state index in [9.17, 15) is 13.2 Å². The molecular weight excluding hydrogens is 271 g/mol. The maximum Gasteiger partial charge on any atom is 0.449 e. The van der Waals surface area contributed by atoms with E-state index in [1.807, 2.05) is 0 Å². The first kappa shape index (κ1) is 13.9. The minimum atomic E-state index is -4.40. The van der Waals surface area contributed by atoms with Crippen molar-refractivity contribution in [1.29, 1.82) is 0 Å². The van der Waals surface area contributed by atoms with E-state index in [0.717, 1.165) is 18.5 Å². The Labute approximate surface area is 115 Å². The summed E-state index contributed by atoms with van der Waals surface area (Å²) in [5.74, 6) is -0.743. The molecule has 0 radical (unpaired) electrons. The first-order chi connectivity index (χ1) is 9.50. The molecule has 112 valence electrons. The van der Waals surface area contributed by atoms with Gasteiger partial charge in [0.2, 0.25) is 5.82 Å². The fourth-order valence-corrected chi connectivity index (χ4v) is 3.29. The number of halogens is 3. The normalized spacial score (nSPS) is 26.8. The van der Waals surface area contributed by atoms with E-state index in [2.05, 4.69) is 10.3 Å². The summed E-state index contributed by atoms with van der Waals surface area (Å²) >= 11 is 0. The molecule has 20 heavy (non-hydrogen) atoms. The molecule has 0 spiro atoms. The lowest BCUT2D eigenvalue weighted by atomic mass is 10.1. The molecule has 2 atom stereocenters. The molecule has 2 unspecified atom stereocenters. The molecule has 1 aromatic rings. The molecule has 2 heterocycles. The summed E-state index contributed by atoms with van der Waals surface area (Å²) in [6.07, 6.45) is -1.58. The van der Waals surface area contributed by atoms with Crippen molar-refractivity contribution in [2.45, 2.75) is 50.6 Å². The lowest BCUT2D eigenvalue weighted by Gasteiger charge is -2.22. The first-order valence-corrected chi connectivity index (χ1v) is 6.91. The fraction of sp³-hybridized carbons (Fsp3) is 0.769. The van der Waals surface area contributed by atoms with Crippen molar-refractivity contribution in [3.63, 3.8) is 0 Å². The third-order valence-corrected chi connectivity index (χ3v) is 4.23. The van der Waals surface area contributed by atoms with E-state index in [1.54, 1.807) is 7.11 Å². The molecule has 2 aliphatic rings. The van der Waals surface area contributed by atoms with E-state index in [4.69, 9.17) is 4.74 Å². The third kappa shape index (κ3) is 2.33. The Morgan fingerprint density at radius 2 is 2.15 bits per heavy atom. The summed E-state index contributed by atoms with van der Waals surface area (Å²) in [5.41, 5.74) is 1.29. The molecule has 0 aromatic carbocycles. The highest BCUT2D eigenvalue weighted by Gasteiger charge is 2.42. The number of methoxy groups -OCH3 is 1. The topological polar surface area (TPSA) is 39.1 Å². The first-order valence-electron chi connectivity index (χ1n) is 6.91. The summed E-state index contributed by atoms with van der Waals surface area (Å²) in [5, 5.41) is 3.08. The average Bonchev–Trinajstić information content (AvgIpc) is 3.01. The molecule has 0 saturated heterocycles. The minimum Gasteiger partial charge on any atom is -0.381 e. The standard InChI is InChI=1S/C13H18F3N3O/c1-20-9-3-2-8(6-9)19-11-4-5-17-7-10(11)18-12(19)13(14,15)16/h8-9,17H,2-7H2,1H3. The number of imidazole rings is 1. The van der Waals surface area contributed by atoms with Crippen LogP contribution >= 0.6 is 0 Å². The second-order valence-corrected chi connectivity index (χ2v) is 5.45. The Balaban J connectivity index is 2.01. The minimum absolute atomic E-state index is 0.0563. The monoisotopic (exact) mass is 289 g/mol. The number of hydrogen-bond acceptors (Lipinski definition) is 3. The molecule has 0 amide bonds. The lowest BCUT2D eigenvalue weighted by Crippen LogP contribution is -2.26. The molecule has 1 aromatic heterocycles. The van der Waals surface area contributed by atoms with Gasteiger partial charge in [-0.2, -0.15) is 13.2 Å². The summed E-state index contributed by atoms with van der Waals surface area (Å²) in [4.78, 5) is 3.85. The van der Waals surface area contributed by atoms with Gasteiger partial charge in [0.15, 0.2) is 0 Å². The van der Waals surface area contributed by atoms with Crippen molar-refractivity contribution < 1.29 is 17.9 Å². The van der Waals surface area contributed by atoms with Gasteiger partial charge < -0.3 is 14.6 Å². The highest BCUT2D eigenvalue weighted by Crippen LogP contribution is 2.39. The predicted octanol–water partition coefficient (Wildman–Crippen LogP) is 2.29. The smallest absolute Gasteiger partial charge is 0.381 e. The Bertz CT molecular complexity index is 498. The Kier molecular flexibility index (Phi) is 3.50. The number of alkyl halides is 3. The van der Waals surface area contributed by atoms with Gasteiger partial charge in [-0.1, -0.05) is 0 Å². The molecule has 7 heteroatoms. The summed E-state index contributed by atoms with van der Waals surface area (Å²) in [7, 11) is 1.62. The van der Waals surface area contributed by atoms with E-state index >= 15 is 0 Å². The van der Waals surface area contributed by atoms with E-state index in [1.165, 1.54) is 4.57 Å². The van der Waals surface area contributed by atoms with Gasteiger partial charge in [-0.05, 0) is 19.3 Å². The second kappa shape index (κ2) is 5.04. The zero-order valence-corrected chi connectivity index (χ0v) is 11.3. The molecule has 1 saturated carbocycles. The van der Waals surface area contributed by atoms with Gasteiger partial charge in [0.05, 0.1) is 11.8 Å². The maximum absolute atomic E-state index is 13.2. The molecule has 1 aliphatic carbocycles. The van der Waals surface area contributed by atoms with Crippen molar-refractivity contribution in [2.24, 2.45) is 0 Å². The van der Waals surface area contributed by atoms with Crippen LogP contribution in [0.15, 0.2) is 0 Å². The van der Waals surface area contributed by atoms with Crippen molar-refractivity contribution in [2.75, 3.05) is 13.7 Å². The number of nitrogens with one attached hydrogen (secondary N) is 1. The van der Waals surface area contributed by atoms with Crippen LogP contribution in [-0.2, 0) is 23.9 Å². The van der Waals surface area contributed by atoms with Crippen LogP contribution in [0.4, 0.5) is 13.2 Å². The predicted molar refractivity (Wildman–Crippen MR) is 66.3 cm³/mol.